The molecular formula is C24H27N3Na2O5S2. The summed E-state index contributed by atoms with van der Waals surface area (Å²) in [4.78, 5) is -0.189. The quantitative estimate of drug-likeness (QED) is 0.212. The van der Waals surface area contributed by atoms with Crippen molar-refractivity contribution in [3.05, 3.63) is 88.5 Å². The first-order valence-corrected chi connectivity index (χ1v) is 13.6. The zero-order valence-corrected chi connectivity index (χ0v) is 26.1. The first kappa shape index (κ1) is 31.2. The van der Waals surface area contributed by atoms with Crippen LogP contribution >= 0.6 is 0 Å². The summed E-state index contributed by atoms with van der Waals surface area (Å²) in [5.74, 6) is 0.364. The maximum Gasteiger partial charge on any atom is 1.00 e. The number of primary sulfonamides is 2. The number of sulfonamides is 2. The fraction of sp³-hybridized carbons (Fsp3) is 0.167. The van der Waals surface area contributed by atoms with Gasteiger partial charge in [0.2, 0.25) is 20.0 Å². The Morgan fingerprint density at radius 3 is 2.11 bits per heavy atom. The van der Waals surface area contributed by atoms with Crippen LogP contribution in [0.5, 0.6) is 5.75 Å². The van der Waals surface area contributed by atoms with Crippen LogP contribution in [0, 0.1) is 0 Å². The smallest absolute Gasteiger partial charge is 1.00 e. The molecule has 8 nitrogen and oxygen atoms in total. The first-order chi connectivity index (χ1) is 16.1. The molecule has 12 heteroatoms. The van der Waals surface area contributed by atoms with Crippen molar-refractivity contribution in [2.75, 3.05) is 6.61 Å². The van der Waals surface area contributed by atoms with E-state index in [1.165, 1.54) is 18.2 Å². The van der Waals surface area contributed by atoms with Gasteiger partial charge >= 0.3 is 59.1 Å². The second-order valence-electron chi connectivity index (χ2n) is 7.87. The molecule has 1 unspecified atom stereocenters. The molecule has 1 heterocycles. The Labute approximate surface area is 259 Å². The largest absolute Gasteiger partial charge is 1.00 e. The fourth-order valence-electron chi connectivity index (χ4n) is 4.05. The van der Waals surface area contributed by atoms with Gasteiger partial charge in [-0.05, 0) is 52.9 Å². The molecule has 182 valence electrons. The van der Waals surface area contributed by atoms with Crippen molar-refractivity contribution >= 4 is 32.2 Å². The van der Waals surface area contributed by atoms with Gasteiger partial charge in [0.25, 0.3) is 0 Å². The molecule has 0 saturated carbocycles. The Kier molecular flexibility index (Phi) is 11.0. The molecule has 0 spiro atoms. The molecule has 0 aromatic heterocycles. The van der Waals surface area contributed by atoms with Gasteiger partial charge in [0.15, 0.2) is 0 Å². The van der Waals surface area contributed by atoms with E-state index < -0.39 is 20.0 Å². The van der Waals surface area contributed by atoms with Crippen molar-refractivity contribution in [3.63, 3.8) is 0 Å². The molecule has 5 N–H and O–H groups in total. The van der Waals surface area contributed by atoms with Gasteiger partial charge in [-0.3, -0.25) is 0 Å². The van der Waals surface area contributed by atoms with Gasteiger partial charge < -0.3 is 12.9 Å². The number of rotatable bonds is 7. The molecule has 0 bridgehead atoms. The van der Waals surface area contributed by atoms with Crippen molar-refractivity contribution in [2.24, 2.45) is 10.3 Å². The molecule has 0 amide bonds. The number of benzene rings is 3. The second kappa shape index (κ2) is 12.7. The summed E-state index contributed by atoms with van der Waals surface area (Å²) in [6.45, 7) is 2.83. The number of hydrogen-bond donors (Lipinski definition) is 3. The van der Waals surface area contributed by atoms with Crippen LogP contribution in [-0.2, 0) is 26.6 Å². The van der Waals surface area contributed by atoms with E-state index in [0.29, 0.717) is 30.0 Å². The SMILES string of the molecule is CCOc1ccc(/C=C/c2ccc(C3NCc4ccccc43)cc2S(N)(=O)=O)c(S(N)(=O)=O)c1.[H-].[H-].[Na+].[Na+]. The van der Waals surface area contributed by atoms with Gasteiger partial charge in [-0.25, -0.2) is 27.1 Å². The Morgan fingerprint density at radius 2 is 1.50 bits per heavy atom. The summed E-state index contributed by atoms with van der Waals surface area (Å²) in [7, 11) is -8.11. The molecular weight excluding hydrogens is 520 g/mol. The van der Waals surface area contributed by atoms with Crippen molar-refractivity contribution < 1.29 is 83.5 Å². The zero-order valence-electron chi connectivity index (χ0n) is 22.4. The van der Waals surface area contributed by atoms with E-state index >= 15 is 0 Å². The molecule has 0 radical (unpaired) electrons. The molecule has 0 saturated heterocycles. The normalized spacial score (nSPS) is 15.1. The molecule has 36 heavy (non-hydrogen) atoms. The molecule has 1 atom stereocenters. The fourth-order valence-corrected chi connectivity index (χ4v) is 5.56. The van der Waals surface area contributed by atoms with E-state index in [4.69, 9.17) is 15.0 Å². The third-order valence-electron chi connectivity index (χ3n) is 5.59. The van der Waals surface area contributed by atoms with Crippen LogP contribution in [0.1, 0.15) is 43.6 Å². The maximum absolute atomic E-state index is 12.4. The standard InChI is InChI=1S/C24H25N3O5S2.2Na.2H/c1-2-32-20-12-11-17(23(14-20)34(26,30)31)8-7-16-9-10-18(13-22(16)33(25,28)29)24-21-6-4-3-5-19(21)15-27-24;;;;/h3-14,24,27H,2,15H2,1H3,(H2,25,28,29)(H2,26,30,31);;;;/q;2*+1;2*-1/b8-7+;;;;. The van der Waals surface area contributed by atoms with Crippen LogP contribution in [0.2, 0.25) is 0 Å². The second-order valence-corrected chi connectivity index (χ2v) is 10.9. The predicted octanol–water partition coefficient (Wildman–Crippen LogP) is -3.02. The summed E-state index contributed by atoms with van der Waals surface area (Å²) in [6.07, 6.45) is 2.99. The molecule has 4 rings (SSSR count). The third-order valence-corrected chi connectivity index (χ3v) is 7.52. The molecule has 3 aromatic rings. The van der Waals surface area contributed by atoms with Gasteiger partial charge in [-0.2, -0.15) is 0 Å². The molecule has 0 fully saturated rings. The van der Waals surface area contributed by atoms with Crippen LogP contribution in [0.3, 0.4) is 0 Å². The first-order valence-electron chi connectivity index (χ1n) is 10.5. The van der Waals surface area contributed by atoms with Crippen LogP contribution in [0.25, 0.3) is 12.2 Å². The molecule has 0 aliphatic carbocycles. The minimum absolute atomic E-state index is 0. The number of nitrogens with two attached hydrogens (primary N) is 2. The van der Waals surface area contributed by atoms with E-state index in [1.807, 2.05) is 30.3 Å². The van der Waals surface area contributed by atoms with E-state index in [2.05, 4.69) is 5.32 Å². The molecule has 1 aliphatic rings. The Hall–Kier alpha value is -1.02. The van der Waals surface area contributed by atoms with Crippen LogP contribution in [0.15, 0.2) is 70.5 Å². The number of hydrogen-bond acceptors (Lipinski definition) is 6. The number of fused-ring (bicyclic) bond motifs is 1. The average molecular weight is 548 g/mol. The van der Waals surface area contributed by atoms with E-state index in [0.717, 1.165) is 16.7 Å². The monoisotopic (exact) mass is 547 g/mol. The maximum atomic E-state index is 12.4. The predicted molar refractivity (Wildman–Crippen MR) is 133 cm³/mol. The van der Waals surface area contributed by atoms with E-state index in [1.54, 1.807) is 31.2 Å². The van der Waals surface area contributed by atoms with Crippen LogP contribution in [-0.4, -0.2) is 23.4 Å². The molecule has 3 aromatic carbocycles. The van der Waals surface area contributed by atoms with E-state index in [9.17, 15) is 16.8 Å². The van der Waals surface area contributed by atoms with Crippen molar-refractivity contribution in [3.8, 4) is 5.75 Å². The number of ether oxygens (including phenoxy) is 1. The van der Waals surface area contributed by atoms with Crippen molar-refractivity contribution in [2.45, 2.75) is 29.3 Å². The Balaban J connectivity index is 0.00000342. The van der Waals surface area contributed by atoms with Gasteiger partial charge in [-0.1, -0.05) is 48.6 Å². The number of nitrogens with one attached hydrogen (secondary N) is 1. The van der Waals surface area contributed by atoms with Crippen molar-refractivity contribution in [1.82, 2.24) is 5.32 Å². The summed E-state index contributed by atoms with van der Waals surface area (Å²) in [5, 5.41) is 14.3. The van der Waals surface area contributed by atoms with E-state index in [-0.39, 0.29) is 77.8 Å². The summed E-state index contributed by atoms with van der Waals surface area (Å²) in [6, 6.07) is 17.3. The summed E-state index contributed by atoms with van der Waals surface area (Å²) >= 11 is 0. The minimum Gasteiger partial charge on any atom is -1.00 e. The third kappa shape index (κ3) is 7.09. The summed E-state index contributed by atoms with van der Waals surface area (Å²) < 4.78 is 54.4. The minimum atomic E-state index is -4.06. The summed E-state index contributed by atoms with van der Waals surface area (Å²) in [5.41, 5.74) is 3.61. The topological polar surface area (TPSA) is 142 Å². The van der Waals surface area contributed by atoms with Crippen LogP contribution < -0.4 is 79.4 Å². The van der Waals surface area contributed by atoms with Gasteiger partial charge in [0, 0.05) is 12.6 Å². The Bertz CT molecular complexity index is 1500. The Morgan fingerprint density at radius 1 is 0.917 bits per heavy atom. The van der Waals surface area contributed by atoms with Crippen molar-refractivity contribution in [1.29, 1.82) is 0 Å². The van der Waals surface area contributed by atoms with Crippen LogP contribution in [0.4, 0.5) is 0 Å². The van der Waals surface area contributed by atoms with Gasteiger partial charge in [-0.15, -0.1) is 0 Å². The molecule has 1 aliphatic heterocycles. The van der Waals surface area contributed by atoms with Gasteiger partial charge in [0.05, 0.1) is 22.4 Å². The zero-order chi connectivity index (χ0) is 24.5. The van der Waals surface area contributed by atoms with Gasteiger partial charge in [0.1, 0.15) is 5.75 Å². The average Bonchev–Trinajstić information content (AvgIpc) is 3.21.